The van der Waals surface area contributed by atoms with Crippen molar-refractivity contribution in [3.8, 4) is 0 Å². The number of carbonyl (C=O) groups is 4. The molecule has 8 heteroatoms. The summed E-state index contributed by atoms with van der Waals surface area (Å²) in [5.74, 6) is -2.34. The molecular weight excluding hydrogens is 470 g/mol. The summed E-state index contributed by atoms with van der Waals surface area (Å²) in [7, 11) is 0. The Morgan fingerprint density at radius 1 is 0.757 bits per heavy atom. The van der Waals surface area contributed by atoms with Crippen LogP contribution in [0.25, 0.3) is 0 Å². The van der Waals surface area contributed by atoms with Gasteiger partial charge < -0.3 is 21.1 Å². The number of aliphatic carboxylic acids is 1. The van der Waals surface area contributed by atoms with Crippen LogP contribution in [0.2, 0.25) is 0 Å². The first kappa shape index (κ1) is 29.5. The van der Waals surface area contributed by atoms with Crippen molar-refractivity contribution >= 4 is 23.7 Å². The molecule has 0 saturated heterocycles. The van der Waals surface area contributed by atoms with Crippen molar-refractivity contribution in [1.29, 1.82) is 0 Å². The molecule has 2 aromatic rings. The zero-order chi connectivity index (χ0) is 27.2. The molecule has 0 aromatic heterocycles. The largest absolute Gasteiger partial charge is 0.480 e. The van der Waals surface area contributed by atoms with Gasteiger partial charge in [-0.15, -0.1) is 0 Å². The van der Waals surface area contributed by atoms with Crippen LogP contribution in [0.4, 0.5) is 0 Å². The summed E-state index contributed by atoms with van der Waals surface area (Å²) < 4.78 is 0. The van der Waals surface area contributed by atoms with Crippen LogP contribution in [0, 0.1) is 5.92 Å². The van der Waals surface area contributed by atoms with Crippen LogP contribution in [0.15, 0.2) is 60.7 Å². The van der Waals surface area contributed by atoms with Crippen molar-refractivity contribution in [3.63, 3.8) is 0 Å². The van der Waals surface area contributed by atoms with E-state index in [4.69, 9.17) is 0 Å². The third-order valence-corrected chi connectivity index (χ3v) is 5.93. The Hall–Kier alpha value is -3.68. The van der Waals surface area contributed by atoms with Crippen molar-refractivity contribution < 1.29 is 24.3 Å². The molecule has 0 aliphatic heterocycles. The van der Waals surface area contributed by atoms with Gasteiger partial charge in [-0.1, -0.05) is 81.4 Å². The Morgan fingerprint density at radius 3 is 1.84 bits per heavy atom. The molecule has 0 fully saturated rings. The van der Waals surface area contributed by atoms with Crippen molar-refractivity contribution in [3.05, 3.63) is 71.8 Å². The van der Waals surface area contributed by atoms with E-state index >= 15 is 0 Å². The lowest BCUT2D eigenvalue weighted by Crippen LogP contribution is -2.56. The number of rotatable bonds is 15. The summed E-state index contributed by atoms with van der Waals surface area (Å²) in [5.41, 5.74) is 1.81. The molecule has 2 aromatic carbocycles. The molecular formula is C29H39N3O5. The SMILES string of the molecule is CCCC(=O)N[C@@H](CCc1ccccc1)C(=O)N[C@@H](CC(C)C)C(=O)N[C@@H](Cc1ccccc1)C(=O)O. The Balaban J connectivity index is 2.14. The zero-order valence-electron chi connectivity index (χ0n) is 21.9. The Bertz CT molecular complexity index is 1010. The van der Waals surface area contributed by atoms with Gasteiger partial charge in [0.05, 0.1) is 0 Å². The summed E-state index contributed by atoms with van der Waals surface area (Å²) in [6.45, 7) is 5.72. The highest BCUT2D eigenvalue weighted by molar-refractivity contribution is 5.93. The van der Waals surface area contributed by atoms with E-state index in [9.17, 15) is 24.3 Å². The molecule has 0 unspecified atom stereocenters. The van der Waals surface area contributed by atoms with Gasteiger partial charge in [0.25, 0.3) is 0 Å². The maximum absolute atomic E-state index is 13.3. The van der Waals surface area contributed by atoms with Crippen LogP contribution in [0.1, 0.15) is 57.6 Å². The fraction of sp³-hybridized carbons (Fsp3) is 0.448. The number of hydrogen-bond acceptors (Lipinski definition) is 4. The summed E-state index contributed by atoms with van der Waals surface area (Å²) in [6.07, 6.45) is 2.33. The van der Waals surface area contributed by atoms with Gasteiger partial charge in [-0.25, -0.2) is 4.79 Å². The van der Waals surface area contributed by atoms with Crippen molar-refractivity contribution in [2.45, 2.75) is 77.4 Å². The summed E-state index contributed by atoms with van der Waals surface area (Å²) in [5, 5.41) is 17.9. The molecule has 0 radical (unpaired) electrons. The van der Waals surface area contributed by atoms with E-state index in [1.807, 2.05) is 57.2 Å². The maximum Gasteiger partial charge on any atom is 0.326 e. The topological polar surface area (TPSA) is 125 Å². The molecule has 0 aliphatic rings. The molecule has 0 spiro atoms. The minimum atomic E-state index is -1.15. The number of amides is 3. The number of carbonyl (C=O) groups excluding carboxylic acids is 3. The standard InChI is InChI=1S/C29H39N3O5/c1-4-11-26(33)30-23(17-16-21-12-7-5-8-13-21)27(34)31-24(18-20(2)3)28(35)32-25(29(36)37)19-22-14-9-6-10-15-22/h5-10,12-15,20,23-25H,4,11,16-19H2,1-3H3,(H,30,33)(H,31,34)(H,32,35)(H,36,37)/t23-,24-,25-/m0/s1. The minimum Gasteiger partial charge on any atom is -0.480 e. The lowest BCUT2D eigenvalue weighted by Gasteiger charge is -2.25. The Kier molecular flexibility index (Phi) is 12.3. The quantitative estimate of drug-likeness (QED) is 0.293. The first-order chi connectivity index (χ1) is 17.7. The molecule has 0 aliphatic carbocycles. The van der Waals surface area contributed by atoms with Gasteiger partial charge in [0.15, 0.2) is 0 Å². The smallest absolute Gasteiger partial charge is 0.326 e. The number of hydrogen-bond donors (Lipinski definition) is 4. The van der Waals surface area contributed by atoms with Gasteiger partial charge in [-0.05, 0) is 42.7 Å². The van der Waals surface area contributed by atoms with Crippen LogP contribution in [-0.2, 0) is 32.0 Å². The lowest BCUT2D eigenvalue weighted by molar-refractivity contribution is -0.142. The molecule has 3 amide bonds. The molecule has 200 valence electrons. The Labute approximate surface area is 219 Å². The zero-order valence-corrected chi connectivity index (χ0v) is 21.9. The molecule has 3 atom stereocenters. The van der Waals surface area contributed by atoms with Crippen LogP contribution in [0.5, 0.6) is 0 Å². The van der Waals surface area contributed by atoms with Crippen LogP contribution in [0.3, 0.4) is 0 Å². The lowest BCUT2D eigenvalue weighted by atomic mass is 10.00. The van der Waals surface area contributed by atoms with E-state index in [1.54, 1.807) is 24.3 Å². The van der Waals surface area contributed by atoms with E-state index in [-0.39, 0.29) is 18.2 Å². The van der Waals surface area contributed by atoms with Gasteiger partial charge in [0, 0.05) is 12.8 Å². The van der Waals surface area contributed by atoms with Crippen molar-refractivity contribution in [2.24, 2.45) is 5.92 Å². The average molecular weight is 510 g/mol. The summed E-state index contributed by atoms with van der Waals surface area (Å²) in [4.78, 5) is 50.7. The van der Waals surface area contributed by atoms with Crippen LogP contribution >= 0.6 is 0 Å². The molecule has 2 rings (SSSR count). The average Bonchev–Trinajstić information content (AvgIpc) is 2.86. The molecule has 37 heavy (non-hydrogen) atoms. The third kappa shape index (κ3) is 10.9. The fourth-order valence-corrected chi connectivity index (χ4v) is 4.02. The first-order valence-electron chi connectivity index (χ1n) is 12.9. The van der Waals surface area contributed by atoms with Crippen LogP contribution in [-0.4, -0.2) is 46.9 Å². The van der Waals surface area contributed by atoms with E-state index in [2.05, 4.69) is 16.0 Å². The van der Waals surface area contributed by atoms with Gasteiger partial charge in [-0.2, -0.15) is 0 Å². The second-order valence-electron chi connectivity index (χ2n) is 9.67. The van der Waals surface area contributed by atoms with Crippen LogP contribution < -0.4 is 16.0 Å². The van der Waals surface area contributed by atoms with Crippen molar-refractivity contribution in [1.82, 2.24) is 16.0 Å². The third-order valence-electron chi connectivity index (χ3n) is 5.93. The second kappa shape index (κ2) is 15.4. The minimum absolute atomic E-state index is 0.0610. The normalized spacial score (nSPS) is 13.3. The molecule has 0 bridgehead atoms. The summed E-state index contributed by atoms with van der Waals surface area (Å²) in [6, 6.07) is 15.8. The van der Waals surface area contributed by atoms with E-state index in [0.29, 0.717) is 32.1 Å². The molecule has 4 N–H and O–H groups in total. The highest BCUT2D eigenvalue weighted by Crippen LogP contribution is 2.10. The van der Waals surface area contributed by atoms with Gasteiger partial charge in [-0.3, -0.25) is 14.4 Å². The number of benzene rings is 2. The predicted octanol–water partition coefficient (Wildman–Crippen LogP) is 3.25. The number of carboxylic acid groups (broad SMARTS) is 1. The maximum atomic E-state index is 13.3. The molecule has 0 saturated carbocycles. The van der Waals surface area contributed by atoms with Gasteiger partial charge in [0.2, 0.25) is 17.7 Å². The first-order valence-corrected chi connectivity index (χ1v) is 12.9. The number of aryl methyl sites for hydroxylation is 1. The van der Waals surface area contributed by atoms with Crippen molar-refractivity contribution in [2.75, 3.05) is 0 Å². The molecule has 8 nitrogen and oxygen atoms in total. The predicted molar refractivity (Wildman–Crippen MR) is 143 cm³/mol. The molecule has 0 heterocycles. The second-order valence-corrected chi connectivity index (χ2v) is 9.67. The Morgan fingerprint density at radius 2 is 1.30 bits per heavy atom. The van der Waals surface area contributed by atoms with E-state index < -0.39 is 35.9 Å². The number of nitrogens with one attached hydrogen (secondary N) is 3. The number of carboxylic acids is 1. The van der Waals surface area contributed by atoms with E-state index in [0.717, 1.165) is 11.1 Å². The monoisotopic (exact) mass is 509 g/mol. The van der Waals surface area contributed by atoms with Gasteiger partial charge >= 0.3 is 5.97 Å². The highest BCUT2D eigenvalue weighted by atomic mass is 16.4. The fourth-order valence-electron chi connectivity index (χ4n) is 4.02. The highest BCUT2D eigenvalue weighted by Gasteiger charge is 2.30. The summed E-state index contributed by atoms with van der Waals surface area (Å²) >= 11 is 0. The van der Waals surface area contributed by atoms with Gasteiger partial charge in [0.1, 0.15) is 18.1 Å². The van der Waals surface area contributed by atoms with E-state index in [1.165, 1.54) is 0 Å².